The summed E-state index contributed by atoms with van der Waals surface area (Å²) in [5.41, 5.74) is 8.60. The number of hydrogen-bond acceptors (Lipinski definition) is 0. The van der Waals surface area contributed by atoms with Gasteiger partial charge in [-0.15, -0.1) is 5.56 Å². The van der Waals surface area contributed by atoms with Crippen LogP contribution in [0.4, 0.5) is 0 Å². The van der Waals surface area contributed by atoms with Crippen molar-refractivity contribution in [3.05, 3.63) is 83.0 Å². The van der Waals surface area contributed by atoms with Gasteiger partial charge in [-0.05, 0) is 6.42 Å². The first kappa shape index (κ1) is 29.3. The van der Waals surface area contributed by atoms with Crippen LogP contribution >= 0.6 is 0 Å². The van der Waals surface area contributed by atoms with Gasteiger partial charge in [-0.3, -0.25) is 6.08 Å². The molecule has 0 bridgehead atoms. The Bertz CT molecular complexity index is 854. The van der Waals surface area contributed by atoms with Gasteiger partial charge in [0.1, 0.15) is 0 Å². The zero-order chi connectivity index (χ0) is 20.9. The molecule has 4 rings (SSSR count). The number of benzene rings is 2. The van der Waals surface area contributed by atoms with E-state index in [9.17, 15) is 0 Å². The van der Waals surface area contributed by atoms with Crippen molar-refractivity contribution in [2.45, 2.75) is 54.9 Å². The molecule has 0 saturated heterocycles. The van der Waals surface area contributed by atoms with E-state index in [1.165, 1.54) is 36.6 Å². The van der Waals surface area contributed by atoms with Crippen molar-refractivity contribution in [1.82, 2.24) is 0 Å². The van der Waals surface area contributed by atoms with Crippen molar-refractivity contribution in [2.75, 3.05) is 0 Å². The second kappa shape index (κ2) is 13.0. The quantitative estimate of drug-likeness (QED) is 0.392. The van der Waals surface area contributed by atoms with Crippen LogP contribution in [0.15, 0.2) is 59.7 Å². The summed E-state index contributed by atoms with van der Waals surface area (Å²) < 4.78 is 1.51. The van der Waals surface area contributed by atoms with E-state index in [2.05, 4.69) is 103 Å². The van der Waals surface area contributed by atoms with Crippen LogP contribution in [0.3, 0.4) is 0 Å². The van der Waals surface area contributed by atoms with Gasteiger partial charge in [0.15, 0.2) is 0 Å². The molecular weight excluding hydrogens is 486 g/mol. The Labute approximate surface area is 211 Å². The normalized spacial score (nSPS) is 15.4. The minimum Gasteiger partial charge on any atom is -1.00 e. The predicted molar refractivity (Wildman–Crippen MR) is 119 cm³/mol. The third-order valence-corrected chi connectivity index (χ3v) is 4.69. The third-order valence-electron chi connectivity index (χ3n) is 4.69. The summed E-state index contributed by atoms with van der Waals surface area (Å²) in [5.74, 6) is 0.518. The van der Waals surface area contributed by atoms with Gasteiger partial charge in [0.25, 0.3) is 0 Å². The maximum absolute atomic E-state index is 3.40. The molecule has 0 spiro atoms. The smallest absolute Gasteiger partial charge is 0.0253 e. The van der Waals surface area contributed by atoms with Gasteiger partial charge in [-0.25, -0.2) is 5.57 Å². The molecule has 1 atom stereocenters. The molecule has 2 aliphatic rings. The molecule has 0 nitrogen and oxygen atoms in total. The molecule has 0 heterocycles. The van der Waals surface area contributed by atoms with Crippen LogP contribution in [0, 0.1) is 23.5 Å². The summed E-state index contributed by atoms with van der Waals surface area (Å²) in [7, 11) is 0. The zero-order valence-corrected chi connectivity index (χ0v) is 23.1. The van der Waals surface area contributed by atoms with Gasteiger partial charge < -0.3 is 24.8 Å². The Hall–Kier alpha value is -0.747. The molecule has 2 aromatic carbocycles. The maximum atomic E-state index is 3.40. The second-order valence-corrected chi connectivity index (χ2v) is 11.2. The summed E-state index contributed by atoms with van der Waals surface area (Å²) in [6.45, 7) is 15.3. The molecule has 2 aromatic rings. The Balaban J connectivity index is 0.000000457. The van der Waals surface area contributed by atoms with Crippen LogP contribution in [0.5, 0.6) is 0 Å². The molecule has 0 aromatic heterocycles. The summed E-state index contributed by atoms with van der Waals surface area (Å²) >= 11 is 1.55. The summed E-state index contributed by atoms with van der Waals surface area (Å²) in [5, 5.41) is 0. The van der Waals surface area contributed by atoms with E-state index in [1.54, 1.807) is 24.2 Å². The second-order valence-electron chi connectivity index (χ2n) is 8.78. The van der Waals surface area contributed by atoms with Crippen LogP contribution in [0.1, 0.15) is 59.6 Å². The average Bonchev–Trinajstić information content (AvgIpc) is 3.14. The number of fused-ring (bicyclic) bond motifs is 3. The fourth-order valence-corrected chi connectivity index (χ4v) is 3.65. The molecule has 0 N–H and O–H groups in total. The van der Waals surface area contributed by atoms with Gasteiger partial charge in [0.2, 0.25) is 0 Å². The van der Waals surface area contributed by atoms with Crippen molar-refractivity contribution in [1.29, 1.82) is 0 Å². The molecule has 0 radical (unpaired) electrons. The van der Waals surface area contributed by atoms with E-state index in [-0.39, 0.29) is 24.8 Å². The minimum atomic E-state index is 0. The summed E-state index contributed by atoms with van der Waals surface area (Å²) in [4.78, 5) is 0. The van der Waals surface area contributed by atoms with Crippen LogP contribution < -0.4 is 24.8 Å². The van der Waals surface area contributed by atoms with E-state index in [1.807, 2.05) is 6.07 Å². The molecule has 160 valence electrons. The maximum Gasteiger partial charge on any atom is -0.0253 e. The number of hydrogen-bond donors (Lipinski definition) is 0. The predicted octanol–water partition coefficient (Wildman–Crippen LogP) is 1.17. The van der Waals surface area contributed by atoms with E-state index < -0.39 is 0 Å². The average molecular weight is 519 g/mol. The first-order valence-electron chi connectivity index (χ1n) is 10.0. The van der Waals surface area contributed by atoms with E-state index >= 15 is 0 Å². The number of halogens is 2. The minimum absolute atomic E-state index is 0. The third kappa shape index (κ3) is 8.41. The fourth-order valence-electron chi connectivity index (χ4n) is 3.65. The van der Waals surface area contributed by atoms with Gasteiger partial charge in [0.05, 0.1) is 0 Å². The van der Waals surface area contributed by atoms with Crippen molar-refractivity contribution in [3.63, 3.8) is 0 Å². The van der Waals surface area contributed by atoms with Gasteiger partial charge >= 0.3 is 41.3 Å². The molecule has 2 aliphatic carbocycles. The van der Waals surface area contributed by atoms with Gasteiger partial charge in [-0.1, -0.05) is 81.3 Å². The summed E-state index contributed by atoms with van der Waals surface area (Å²) in [6, 6.07) is 18.1. The molecule has 0 saturated carbocycles. The van der Waals surface area contributed by atoms with E-state index in [0.29, 0.717) is 11.3 Å². The van der Waals surface area contributed by atoms with Crippen molar-refractivity contribution in [3.8, 4) is 11.1 Å². The molecular formula is C27H32Cl2Zr-2. The van der Waals surface area contributed by atoms with Gasteiger partial charge in [0, 0.05) is 0 Å². The molecule has 30 heavy (non-hydrogen) atoms. The fraction of sp³-hybridized carbons (Fsp3) is 0.370. The Morgan fingerprint density at radius 1 is 1.00 bits per heavy atom. The SMILES string of the molecule is CC1=[C-]C(C)C=C1C(C)(C)C.C[C](C)=[Zr+2].[Cl-].[Cl-].[c-]1cccc2c1Cc1ccccc1-2. The molecule has 0 amide bonds. The summed E-state index contributed by atoms with van der Waals surface area (Å²) in [6.07, 6.45) is 6.76. The topological polar surface area (TPSA) is 0 Å². The standard InChI is InChI=1S/C13H9.C11H17.C3H6.2ClH.Zr/c1-3-7-12-10(5-1)9-11-6-2-4-8-13(11)12;1-8-6-9(2)10(7-8)11(3,4)5;1-3-2;;;/h1-5,7-8H,9H2;7-8H,1-5H3;1-2H3;2*1H;/q2*-1;;;;+2/p-2. The molecule has 3 heteroatoms. The van der Waals surface area contributed by atoms with E-state index in [0.717, 1.165) is 6.42 Å². The molecule has 0 aliphatic heterocycles. The van der Waals surface area contributed by atoms with Crippen molar-refractivity contribution < 1.29 is 49.0 Å². The van der Waals surface area contributed by atoms with Crippen LogP contribution in [-0.2, 0) is 30.7 Å². The van der Waals surface area contributed by atoms with Gasteiger partial charge in [-0.2, -0.15) is 41.5 Å². The number of rotatable bonds is 0. The van der Waals surface area contributed by atoms with Crippen molar-refractivity contribution >= 4 is 3.21 Å². The number of allylic oxidation sites excluding steroid dienone is 4. The molecule has 0 fully saturated rings. The largest absolute Gasteiger partial charge is 1.00 e. The first-order chi connectivity index (χ1) is 13.1. The first-order valence-corrected chi connectivity index (χ1v) is 11.2. The van der Waals surface area contributed by atoms with Crippen LogP contribution in [0.2, 0.25) is 0 Å². The van der Waals surface area contributed by atoms with Crippen LogP contribution in [-0.4, -0.2) is 3.21 Å². The monoisotopic (exact) mass is 516 g/mol. The zero-order valence-electron chi connectivity index (χ0n) is 19.2. The Kier molecular flexibility index (Phi) is 12.6. The molecule has 1 unspecified atom stereocenters. The van der Waals surface area contributed by atoms with Crippen LogP contribution in [0.25, 0.3) is 11.1 Å². The Morgan fingerprint density at radius 2 is 1.57 bits per heavy atom. The van der Waals surface area contributed by atoms with E-state index in [4.69, 9.17) is 0 Å². The Morgan fingerprint density at radius 3 is 2.07 bits per heavy atom. The van der Waals surface area contributed by atoms with Crippen molar-refractivity contribution in [2.24, 2.45) is 11.3 Å².